The van der Waals surface area contributed by atoms with Crippen LogP contribution in [0.2, 0.25) is 5.02 Å². The minimum absolute atomic E-state index is 0.260. The summed E-state index contributed by atoms with van der Waals surface area (Å²) in [5.74, 6) is 0.0509. The molecule has 0 spiro atoms. The van der Waals surface area contributed by atoms with Crippen molar-refractivity contribution in [3.63, 3.8) is 0 Å². The van der Waals surface area contributed by atoms with Gasteiger partial charge < -0.3 is 5.32 Å². The van der Waals surface area contributed by atoms with E-state index in [-0.39, 0.29) is 11.1 Å². The van der Waals surface area contributed by atoms with E-state index in [1.54, 1.807) is 6.07 Å². The van der Waals surface area contributed by atoms with E-state index in [9.17, 15) is 9.18 Å². The van der Waals surface area contributed by atoms with Gasteiger partial charge in [0.2, 0.25) is 0 Å². The molecule has 2 aromatic carbocycles. The van der Waals surface area contributed by atoms with Gasteiger partial charge in [0.05, 0.1) is 11.4 Å². The molecule has 1 aliphatic carbocycles. The molecule has 0 aliphatic heterocycles. The first-order chi connectivity index (χ1) is 12.1. The standard InChI is InChI=1S/C20H22ClFN2O/c21-16-11-17(22)13-19(12-16)24(18-9-5-2-6-10-18)20(25)23-14-15-7-3-1-4-8-15/h2,5-6,9-13,15H,1,3-4,7-8,14H2,(H,23,25). The maximum absolute atomic E-state index is 13.8. The number of nitrogens with one attached hydrogen (secondary N) is 1. The summed E-state index contributed by atoms with van der Waals surface area (Å²) >= 11 is 5.99. The Kier molecular flexibility index (Phi) is 5.92. The van der Waals surface area contributed by atoms with Crippen molar-refractivity contribution in [2.24, 2.45) is 5.92 Å². The second kappa shape index (κ2) is 8.34. The first-order valence-corrected chi connectivity index (χ1v) is 9.10. The summed E-state index contributed by atoms with van der Waals surface area (Å²) in [5, 5.41) is 3.27. The minimum Gasteiger partial charge on any atom is -0.337 e. The lowest BCUT2D eigenvalue weighted by molar-refractivity contribution is 0.244. The molecule has 1 aliphatic rings. The molecule has 25 heavy (non-hydrogen) atoms. The molecule has 3 nitrogen and oxygen atoms in total. The van der Waals surface area contributed by atoms with Crippen LogP contribution in [0.4, 0.5) is 20.6 Å². The van der Waals surface area contributed by atoms with E-state index in [2.05, 4.69) is 5.32 Å². The van der Waals surface area contributed by atoms with Gasteiger partial charge in [0.25, 0.3) is 0 Å². The Morgan fingerprint density at radius 2 is 1.80 bits per heavy atom. The zero-order valence-electron chi connectivity index (χ0n) is 14.1. The summed E-state index contributed by atoms with van der Waals surface area (Å²) in [6.45, 7) is 0.644. The SMILES string of the molecule is O=C(NCC1CCCCC1)N(c1ccccc1)c1cc(F)cc(Cl)c1. The van der Waals surface area contributed by atoms with Gasteiger partial charge in [-0.1, -0.05) is 49.1 Å². The second-order valence-corrected chi connectivity index (χ2v) is 6.93. The average Bonchev–Trinajstić information content (AvgIpc) is 2.61. The largest absolute Gasteiger partial charge is 0.337 e. The molecule has 0 unspecified atom stereocenters. The molecule has 1 saturated carbocycles. The molecule has 1 fully saturated rings. The lowest BCUT2D eigenvalue weighted by Gasteiger charge is -2.26. The molecular weight excluding hydrogens is 339 g/mol. The number of benzene rings is 2. The molecule has 5 heteroatoms. The van der Waals surface area contributed by atoms with Gasteiger partial charge in [-0.3, -0.25) is 4.90 Å². The number of urea groups is 1. The number of para-hydroxylation sites is 1. The second-order valence-electron chi connectivity index (χ2n) is 6.49. The van der Waals surface area contributed by atoms with Crippen molar-refractivity contribution in [1.82, 2.24) is 5.32 Å². The Hall–Kier alpha value is -2.07. The van der Waals surface area contributed by atoms with E-state index in [0.29, 0.717) is 23.8 Å². The highest BCUT2D eigenvalue weighted by Crippen LogP contribution is 2.29. The van der Waals surface area contributed by atoms with Crippen molar-refractivity contribution in [2.45, 2.75) is 32.1 Å². The highest BCUT2D eigenvalue weighted by atomic mass is 35.5. The van der Waals surface area contributed by atoms with Gasteiger partial charge in [0.15, 0.2) is 0 Å². The predicted molar refractivity (Wildman–Crippen MR) is 100.0 cm³/mol. The van der Waals surface area contributed by atoms with Crippen LogP contribution in [0.5, 0.6) is 0 Å². The quantitative estimate of drug-likeness (QED) is 0.722. The number of anilines is 2. The number of nitrogens with zero attached hydrogens (tertiary/aromatic N) is 1. The van der Waals surface area contributed by atoms with Crippen LogP contribution in [-0.2, 0) is 0 Å². The molecule has 0 heterocycles. The number of hydrogen-bond acceptors (Lipinski definition) is 1. The van der Waals surface area contributed by atoms with Crippen molar-refractivity contribution in [1.29, 1.82) is 0 Å². The van der Waals surface area contributed by atoms with Crippen molar-refractivity contribution in [3.8, 4) is 0 Å². The van der Waals surface area contributed by atoms with Crippen molar-refractivity contribution < 1.29 is 9.18 Å². The number of carbonyl (C=O) groups excluding carboxylic acids is 1. The van der Waals surface area contributed by atoms with Crippen LogP contribution in [0.3, 0.4) is 0 Å². The third-order valence-electron chi connectivity index (χ3n) is 4.59. The van der Waals surface area contributed by atoms with Crippen molar-refractivity contribution in [3.05, 3.63) is 59.4 Å². The first-order valence-electron chi connectivity index (χ1n) is 8.72. The highest BCUT2D eigenvalue weighted by Gasteiger charge is 2.21. The van der Waals surface area contributed by atoms with Crippen LogP contribution in [0.15, 0.2) is 48.5 Å². The minimum atomic E-state index is -0.469. The molecule has 0 atom stereocenters. The lowest BCUT2D eigenvalue weighted by atomic mass is 9.89. The Labute approximate surface area is 152 Å². The third-order valence-corrected chi connectivity index (χ3v) is 4.81. The van der Waals surface area contributed by atoms with E-state index in [4.69, 9.17) is 11.6 Å². The molecule has 2 aromatic rings. The van der Waals surface area contributed by atoms with E-state index in [1.807, 2.05) is 30.3 Å². The fourth-order valence-corrected chi connectivity index (χ4v) is 3.55. The van der Waals surface area contributed by atoms with Crippen LogP contribution in [0.1, 0.15) is 32.1 Å². The zero-order valence-corrected chi connectivity index (χ0v) is 14.8. The molecule has 3 rings (SSSR count). The van der Waals surface area contributed by atoms with Gasteiger partial charge in [-0.05, 0) is 49.1 Å². The van der Waals surface area contributed by atoms with E-state index in [0.717, 1.165) is 12.8 Å². The van der Waals surface area contributed by atoms with Gasteiger partial charge in [-0.2, -0.15) is 0 Å². The van der Waals surface area contributed by atoms with E-state index in [1.165, 1.54) is 36.3 Å². The summed E-state index contributed by atoms with van der Waals surface area (Å²) in [6.07, 6.45) is 6.03. The number of amides is 2. The number of rotatable bonds is 4. The topological polar surface area (TPSA) is 32.3 Å². The maximum Gasteiger partial charge on any atom is 0.326 e. The third kappa shape index (κ3) is 4.73. The van der Waals surface area contributed by atoms with Crippen LogP contribution in [0, 0.1) is 11.7 Å². The maximum atomic E-state index is 13.8. The molecular formula is C20H22ClFN2O. The summed E-state index contributed by atoms with van der Waals surface area (Å²) in [7, 11) is 0. The Morgan fingerprint density at radius 3 is 2.48 bits per heavy atom. The summed E-state index contributed by atoms with van der Waals surface area (Å²) < 4.78 is 13.8. The number of hydrogen-bond donors (Lipinski definition) is 1. The van der Waals surface area contributed by atoms with Gasteiger partial charge >= 0.3 is 6.03 Å². The Bertz CT molecular complexity index is 697. The molecule has 0 bridgehead atoms. The molecule has 0 radical (unpaired) electrons. The molecule has 132 valence electrons. The smallest absolute Gasteiger partial charge is 0.326 e. The Balaban J connectivity index is 1.82. The van der Waals surface area contributed by atoms with Gasteiger partial charge in [-0.15, -0.1) is 0 Å². The molecule has 0 aromatic heterocycles. The van der Waals surface area contributed by atoms with E-state index < -0.39 is 5.82 Å². The number of halogens is 2. The van der Waals surface area contributed by atoms with Crippen molar-refractivity contribution >= 4 is 29.0 Å². The molecule has 2 amide bonds. The van der Waals surface area contributed by atoms with Crippen LogP contribution in [0.25, 0.3) is 0 Å². The molecule has 1 N–H and O–H groups in total. The van der Waals surface area contributed by atoms with Crippen molar-refractivity contribution in [2.75, 3.05) is 11.4 Å². The van der Waals surface area contributed by atoms with Crippen LogP contribution >= 0.6 is 11.6 Å². The zero-order chi connectivity index (χ0) is 17.6. The van der Waals surface area contributed by atoms with Gasteiger partial charge in [0.1, 0.15) is 5.82 Å². The summed E-state index contributed by atoms with van der Waals surface area (Å²) in [4.78, 5) is 14.3. The first kappa shape index (κ1) is 17.7. The fraction of sp³-hybridized carbons (Fsp3) is 0.350. The Morgan fingerprint density at radius 1 is 1.08 bits per heavy atom. The monoisotopic (exact) mass is 360 g/mol. The van der Waals surface area contributed by atoms with Gasteiger partial charge in [0, 0.05) is 11.6 Å². The predicted octanol–water partition coefficient (Wildman–Crippen LogP) is 5.91. The molecule has 0 saturated heterocycles. The summed E-state index contributed by atoms with van der Waals surface area (Å²) in [5.41, 5.74) is 1.09. The number of carbonyl (C=O) groups is 1. The highest BCUT2D eigenvalue weighted by molar-refractivity contribution is 6.31. The average molecular weight is 361 g/mol. The van der Waals surface area contributed by atoms with E-state index >= 15 is 0 Å². The van der Waals surface area contributed by atoms with Crippen LogP contribution in [-0.4, -0.2) is 12.6 Å². The van der Waals surface area contributed by atoms with Crippen LogP contribution < -0.4 is 10.2 Å². The van der Waals surface area contributed by atoms with Gasteiger partial charge in [-0.25, -0.2) is 9.18 Å². The normalized spacial score (nSPS) is 15.0. The fourth-order valence-electron chi connectivity index (χ4n) is 3.33. The summed E-state index contributed by atoms with van der Waals surface area (Å²) in [6, 6.07) is 13.1. The lowest BCUT2D eigenvalue weighted by Crippen LogP contribution is -2.39.